The lowest BCUT2D eigenvalue weighted by Crippen LogP contribution is -2.49. The molecule has 2 aromatic heterocycles. The van der Waals surface area contributed by atoms with Crippen LogP contribution in [0.1, 0.15) is 38.5 Å². The molecule has 0 radical (unpaired) electrons. The summed E-state index contributed by atoms with van der Waals surface area (Å²) in [5.74, 6) is 2.63. The van der Waals surface area contributed by atoms with Crippen LogP contribution in [-0.2, 0) is 0 Å². The Kier molecular flexibility index (Phi) is 7.34. The molecule has 8 heteroatoms. The number of thiophene rings is 1. The molecular formula is C29H40N6OS. The fraction of sp³-hybridized carbons (Fsp3) is 0.586. The number of aliphatic hydroxyl groups excluding tert-OH is 1. The van der Waals surface area contributed by atoms with Crippen molar-refractivity contribution in [2.24, 2.45) is 5.92 Å². The second kappa shape index (κ2) is 10.8. The molecule has 1 aliphatic carbocycles. The van der Waals surface area contributed by atoms with Gasteiger partial charge in [-0.1, -0.05) is 43.2 Å². The summed E-state index contributed by atoms with van der Waals surface area (Å²) in [5.41, 5.74) is 2.44. The van der Waals surface area contributed by atoms with E-state index in [1.54, 1.807) is 11.3 Å². The van der Waals surface area contributed by atoms with E-state index in [0.29, 0.717) is 5.92 Å². The second-order valence-corrected chi connectivity index (χ2v) is 12.1. The number of piperazine rings is 1. The zero-order chi connectivity index (χ0) is 25.2. The summed E-state index contributed by atoms with van der Waals surface area (Å²) in [4.78, 5) is 18.7. The molecule has 6 rings (SSSR count). The van der Waals surface area contributed by atoms with Crippen molar-refractivity contribution >= 4 is 33.3 Å². The van der Waals surface area contributed by atoms with Gasteiger partial charge in [0.25, 0.3) is 0 Å². The maximum Gasteiger partial charge on any atom is 0.228 e. The number of nitrogens with one attached hydrogen (secondary N) is 1. The van der Waals surface area contributed by atoms with E-state index in [0.717, 1.165) is 88.1 Å². The predicted molar refractivity (Wildman–Crippen MR) is 154 cm³/mol. The topological polar surface area (TPSA) is 67.8 Å². The summed E-state index contributed by atoms with van der Waals surface area (Å²) in [7, 11) is 2.19. The van der Waals surface area contributed by atoms with E-state index in [2.05, 4.69) is 62.8 Å². The standard InChI is InChI=1S/C29H40N6OS/c1-33-15-17-35(18-16-33)28-31-26(25-24(20-37-27(25)32-28)23-7-3-2-4-8-23)34-13-9-22(10-14-34)19-30-29(21-36)11-5-6-12-29/h2-4,7-8,20,22,30,36H,5-6,9-19,21H2,1H3. The van der Waals surface area contributed by atoms with Gasteiger partial charge in [0, 0.05) is 55.8 Å². The third-order valence-corrected chi connectivity index (χ3v) is 9.69. The molecule has 7 nitrogen and oxygen atoms in total. The van der Waals surface area contributed by atoms with Crippen molar-refractivity contribution in [2.45, 2.75) is 44.1 Å². The third-order valence-electron chi connectivity index (χ3n) is 8.82. The highest BCUT2D eigenvalue weighted by Gasteiger charge is 2.34. The highest BCUT2D eigenvalue weighted by atomic mass is 32.1. The molecular weight excluding hydrogens is 480 g/mol. The first-order valence-electron chi connectivity index (χ1n) is 14.0. The summed E-state index contributed by atoms with van der Waals surface area (Å²) in [6.07, 6.45) is 6.97. The molecule has 37 heavy (non-hydrogen) atoms. The van der Waals surface area contributed by atoms with Crippen molar-refractivity contribution in [1.29, 1.82) is 0 Å². The van der Waals surface area contributed by atoms with Gasteiger partial charge in [0.2, 0.25) is 5.95 Å². The summed E-state index contributed by atoms with van der Waals surface area (Å²) < 4.78 is 0. The minimum atomic E-state index is -0.0331. The number of rotatable bonds is 7. The number of likely N-dealkylation sites (N-methyl/N-ethyl adjacent to an activating group) is 1. The van der Waals surface area contributed by atoms with Crippen LogP contribution in [0.4, 0.5) is 11.8 Å². The predicted octanol–water partition coefficient (Wildman–Crippen LogP) is 4.22. The minimum absolute atomic E-state index is 0.0331. The van der Waals surface area contributed by atoms with Crippen LogP contribution in [-0.4, -0.2) is 85.0 Å². The smallest absolute Gasteiger partial charge is 0.228 e. The van der Waals surface area contributed by atoms with Gasteiger partial charge in [-0.25, -0.2) is 4.98 Å². The van der Waals surface area contributed by atoms with Crippen molar-refractivity contribution in [3.05, 3.63) is 35.7 Å². The van der Waals surface area contributed by atoms with E-state index in [4.69, 9.17) is 9.97 Å². The van der Waals surface area contributed by atoms with Gasteiger partial charge < -0.3 is 25.1 Å². The Morgan fingerprint density at radius 1 is 0.973 bits per heavy atom. The molecule has 2 aliphatic heterocycles. The van der Waals surface area contributed by atoms with Crippen molar-refractivity contribution in [1.82, 2.24) is 20.2 Å². The number of piperidine rings is 1. The maximum absolute atomic E-state index is 9.99. The zero-order valence-corrected chi connectivity index (χ0v) is 22.8. The van der Waals surface area contributed by atoms with Crippen LogP contribution < -0.4 is 15.1 Å². The number of aromatic nitrogens is 2. The molecule has 198 valence electrons. The zero-order valence-electron chi connectivity index (χ0n) is 22.0. The molecule has 3 aromatic rings. The first-order valence-corrected chi connectivity index (χ1v) is 14.9. The lowest BCUT2D eigenvalue weighted by molar-refractivity contribution is 0.156. The molecule has 0 amide bonds. The fourth-order valence-corrected chi connectivity index (χ4v) is 7.21. The number of nitrogens with zero attached hydrogens (tertiary/aromatic N) is 5. The van der Waals surface area contributed by atoms with E-state index < -0.39 is 0 Å². The summed E-state index contributed by atoms with van der Waals surface area (Å²) in [6, 6.07) is 10.7. The van der Waals surface area contributed by atoms with Gasteiger partial charge in [-0.15, -0.1) is 11.3 Å². The molecule has 0 bridgehead atoms. The molecule has 0 atom stereocenters. The molecule has 2 N–H and O–H groups in total. The summed E-state index contributed by atoms with van der Waals surface area (Å²) in [6.45, 7) is 7.33. The van der Waals surface area contributed by atoms with E-state index >= 15 is 0 Å². The number of hydrogen-bond acceptors (Lipinski definition) is 8. The minimum Gasteiger partial charge on any atom is -0.394 e. The lowest BCUT2D eigenvalue weighted by Gasteiger charge is -2.37. The lowest BCUT2D eigenvalue weighted by atomic mass is 9.93. The molecule has 3 fully saturated rings. The summed E-state index contributed by atoms with van der Waals surface area (Å²) in [5, 5.41) is 17.2. The first kappa shape index (κ1) is 25.0. The van der Waals surface area contributed by atoms with Gasteiger partial charge in [-0.05, 0) is 50.8 Å². The van der Waals surface area contributed by atoms with E-state index in [9.17, 15) is 5.11 Å². The highest BCUT2D eigenvalue weighted by molar-refractivity contribution is 7.17. The Morgan fingerprint density at radius 2 is 1.70 bits per heavy atom. The van der Waals surface area contributed by atoms with E-state index in [-0.39, 0.29) is 12.1 Å². The number of aliphatic hydroxyl groups is 1. The monoisotopic (exact) mass is 520 g/mol. The van der Waals surface area contributed by atoms with Crippen LogP contribution in [0.15, 0.2) is 35.7 Å². The number of fused-ring (bicyclic) bond motifs is 1. The van der Waals surface area contributed by atoms with Gasteiger partial charge in [0.15, 0.2) is 0 Å². The van der Waals surface area contributed by atoms with Crippen molar-refractivity contribution in [3.8, 4) is 11.1 Å². The van der Waals surface area contributed by atoms with Gasteiger partial charge in [-0.3, -0.25) is 0 Å². The molecule has 0 spiro atoms. The molecule has 1 saturated carbocycles. The normalized spacial score (nSPS) is 21.2. The van der Waals surface area contributed by atoms with Crippen molar-refractivity contribution < 1.29 is 5.11 Å². The van der Waals surface area contributed by atoms with Crippen molar-refractivity contribution in [2.75, 3.05) is 69.3 Å². The number of hydrogen-bond donors (Lipinski definition) is 2. The Hall–Kier alpha value is -2.26. The van der Waals surface area contributed by atoms with Gasteiger partial charge in [-0.2, -0.15) is 4.98 Å². The van der Waals surface area contributed by atoms with Crippen LogP contribution in [0.3, 0.4) is 0 Å². The average Bonchev–Trinajstić information content (AvgIpc) is 3.61. The van der Waals surface area contributed by atoms with Crippen molar-refractivity contribution in [3.63, 3.8) is 0 Å². The van der Waals surface area contributed by atoms with Gasteiger partial charge in [0.05, 0.1) is 12.0 Å². The molecule has 2 saturated heterocycles. The fourth-order valence-electron chi connectivity index (χ4n) is 6.27. The number of benzene rings is 1. The van der Waals surface area contributed by atoms with Crippen LogP contribution >= 0.6 is 11.3 Å². The van der Waals surface area contributed by atoms with E-state index in [1.165, 1.54) is 29.4 Å². The van der Waals surface area contributed by atoms with Crippen LogP contribution in [0, 0.1) is 5.92 Å². The second-order valence-electron chi connectivity index (χ2n) is 11.3. The highest BCUT2D eigenvalue weighted by Crippen LogP contribution is 2.40. The molecule has 1 aromatic carbocycles. The van der Waals surface area contributed by atoms with Crippen LogP contribution in [0.25, 0.3) is 21.3 Å². The average molecular weight is 521 g/mol. The third kappa shape index (κ3) is 5.21. The first-order chi connectivity index (χ1) is 18.1. The quantitative estimate of drug-likeness (QED) is 0.483. The Bertz CT molecular complexity index is 1180. The largest absolute Gasteiger partial charge is 0.394 e. The van der Waals surface area contributed by atoms with Gasteiger partial charge in [0.1, 0.15) is 10.6 Å². The maximum atomic E-state index is 9.99. The van der Waals surface area contributed by atoms with Crippen LogP contribution in [0.5, 0.6) is 0 Å². The molecule has 0 unspecified atom stereocenters. The Labute approximate surface area is 224 Å². The Balaban J connectivity index is 1.25. The molecule has 3 aliphatic rings. The Morgan fingerprint density at radius 3 is 2.41 bits per heavy atom. The summed E-state index contributed by atoms with van der Waals surface area (Å²) >= 11 is 1.74. The SMILES string of the molecule is CN1CCN(c2nc(N3CCC(CNC4(CO)CCCC4)CC3)c3c(-c4ccccc4)csc3n2)CC1. The van der Waals surface area contributed by atoms with Crippen LogP contribution in [0.2, 0.25) is 0 Å². The van der Waals surface area contributed by atoms with E-state index in [1.807, 2.05) is 0 Å². The molecule has 4 heterocycles. The number of anilines is 2. The van der Waals surface area contributed by atoms with Gasteiger partial charge >= 0.3 is 0 Å².